The van der Waals surface area contributed by atoms with Crippen LogP contribution in [0.5, 0.6) is 0 Å². The maximum atomic E-state index is 11.1. The Labute approximate surface area is 92.0 Å². The van der Waals surface area contributed by atoms with Crippen LogP contribution in [0.15, 0.2) is 29.2 Å². The summed E-state index contributed by atoms with van der Waals surface area (Å²) in [5.74, 6) is -1.38. The molecule has 6 nitrogen and oxygen atoms in total. The largest absolute Gasteiger partial charge is 0.481 e. The van der Waals surface area contributed by atoms with Crippen LogP contribution in [0.25, 0.3) is 0 Å². The lowest BCUT2D eigenvalue weighted by Gasteiger charge is -1.91. The van der Waals surface area contributed by atoms with Gasteiger partial charge in [-0.2, -0.15) is 0 Å². The molecule has 0 spiro atoms. The standard InChI is InChI=1S/C7H5NO3S.C2H4O2/c9-7-5-3-1-2-4-6(5)12(10,11)8-7;1-2(3)4/h1-4H,(H,8,9);1H3,(H,3,4). The predicted molar refractivity (Wildman–Crippen MR) is 54.4 cm³/mol. The second-order valence-corrected chi connectivity index (χ2v) is 4.60. The van der Waals surface area contributed by atoms with Gasteiger partial charge in [0.05, 0.1) is 5.56 Å². The van der Waals surface area contributed by atoms with Crippen molar-refractivity contribution in [2.24, 2.45) is 0 Å². The quantitative estimate of drug-likeness (QED) is 0.678. The van der Waals surface area contributed by atoms with E-state index in [4.69, 9.17) is 9.90 Å². The van der Waals surface area contributed by atoms with Crippen LogP contribution in [0.2, 0.25) is 0 Å². The highest BCUT2D eigenvalue weighted by atomic mass is 32.2. The SMILES string of the molecule is CC(=O)O.O=C1NS(=O)(=O)c2ccccc21. The van der Waals surface area contributed by atoms with Crippen LogP contribution in [0.1, 0.15) is 17.3 Å². The summed E-state index contributed by atoms with van der Waals surface area (Å²) in [6.45, 7) is 1.08. The number of sulfonamides is 1. The number of benzene rings is 1. The zero-order chi connectivity index (χ0) is 12.3. The van der Waals surface area contributed by atoms with Crippen molar-refractivity contribution in [3.05, 3.63) is 29.8 Å². The second-order valence-electron chi connectivity index (χ2n) is 2.95. The van der Waals surface area contributed by atoms with Crippen molar-refractivity contribution < 1.29 is 23.1 Å². The van der Waals surface area contributed by atoms with E-state index in [0.717, 1.165) is 6.92 Å². The fourth-order valence-electron chi connectivity index (χ4n) is 1.12. The summed E-state index contributed by atoms with van der Waals surface area (Å²) in [6.07, 6.45) is 0. The molecule has 1 aliphatic rings. The fourth-order valence-corrected chi connectivity index (χ4v) is 2.29. The molecular formula is C9H9NO5S. The highest BCUT2D eigenvalue weighted by molar-refractivity contribution is 7.90. The van der Waals surface area contributed by atoms with Crippen LogP contribution in [0, 0.1) is 0 Å². The number of amides is 1. The normalized spacial score (nSPS) is 15.4. The van der Waals surface area contributed by atoms with Gasteiger partial charge in [0.2, 0.25) is 0 Å². The van der Waals surface area contributed by atoms with Gasteiger partial charge in [0, 0.05) is 6.92 Å². The molecule has 0 aromatic heterocycles. The highest BCUT2D eigenvalue weighted by Crippen LogP contribution is 2.20. The number of nitrogens with one attached hydrogen (secondary N) is 1. The Kier molecular flexibility index (Phi) is 3.28. The number of carbonyl (C=O) groups is 2. The Morgan fingerprint density at radius 2 is 1.81 bits per heavy atom. The lowest BCUT2D eigenvalue weighted by Crippen LogP contribution is -2.20. The first kappa shape index (κ1) is 12.2. The molecule has 0 unspecified atom stereocenters. The fraction of sp³-hybridized carbons (Fsp3) is 0.111. The zero-order valence-corrected chi connectivity index (χ0v) is 9.11. The van der Waals surface area contributed by atoms with Crippen molar-refractivity contribution >= 4 is 21.9 Å². The van der Waals surface area contributed by atoms with E-state index < -0.39 is 21.9 Å². The van der Waals surface area contributed by atoms with E-state index in [9.17, 15) is 13.2 Å². The summed E-state index contributed by atoms with van der Waals surface area (Å²) in [5.41, 5.74) is 0.220. The molecule has 0 radical (unpaired) electrons. The van der Waals surface area contributed by atoms with Crippen molar-refractivity contribution in [2.45, 2.75) is 11.8 Å². The summed E-state index contributed by atoms with van der Waals surface area (Å²) in [5, 5.41) is 7.42. The topological polar surface area (TPSA) is 101 Å². The summed E-state index contributed by atoms with van der Waals surface area (Å²) < 4.78 is 24.2. The number of hydrogen-bond acceptors (Lipinski definition) is 4. The molecule has 16 heavy (non-hydrogen) atoms. The molecule has 1 aromatic rings. The van der Waals surface area contributed by atoms with Gasteiger partial charge in [0.25, 0.3) is 21.9 Å². The van der Waals surface area contributed by atoms with Crippen molar-refractivity contribution in [1.29, 1.82) is 0 Å². The van der Waals surface area contributed by atoms with Crippen LogP contribution < -0.4 is 4.72 Å². The smallest absolute Gasteiger partial charge is 0.300 e. The van der Waals surface area contributed by atoms with Crippen LogP contribution in [-0.4, -0.2) is 25.4 Å². The van der Waals surface area contributed by atoms with E-state index in [1.165, 1.54) is 12.1 Å². The Hall–Kier alpha value is -1.89. The Morgan fingerprint density at radius 3 is 2.31 bits per heavy atom. The number of carbonyl (C=O) groups excluding carboxylic acids is 1. The summed E-state index contributed by atoms with van der Waals surface area (Å²) >= 11 is 0. The number of fused-ring (bicyclic) bond motifs is 1. The first-order chi connectivity index (χ1) is 7.34. The number of carboxylic acid groups (broad SMARTS) is 1. The lowest BCUT2D eigenvalue weighted by atomic mass is 10.2. The van der Waals surface area contributed by atoms with E-state index in [0.29, 0.717) is 0 Å². The van der Waals surface area contributed by atoms with E-state index in [1.54, 1.807) is 12.1 Å². The zero-order valence-electron chi connectivity index (χ0n) is 8.30. The van der Waals surface area contributed by atoms with Gasteiger partial charge in [-0.25, -0.2) is 13.1 Å². The monoisotopic (exact) mass is 243 g/mol. The first-order valence-electron chi connectivity index (χ1n) is 4.20. The van der Waals surface area contributed by atoms with Crippen molar-refractivity contribution in [1.82, 2.24) is 4.72 Å². The maximum Gasteiger partial charge on any atom is 0.300 e. The molecule has 2 rings (SSSR count). The maximum absolute atomic E-state index is 11.1. The molecule has 0 bridgehead atoms. The minimum absolute atomic E-state index is 0.0648. The molecule has 0 aliphatic carbocycles. The first-order valence-corrected chi connectivity index (χ1v) is 5.68. The summed E-state index contributed by atoms with van der Waals surface area (Å²) in [7, 11) is -3.55. The van der Waals surface area contributed by atoms with Crippen molar-refractivity contribution in [3.8, 4) is 0 Å². The van der Waals surface area contributed by atoms with E-state index in [2.05, 4.69) is 0 Å². The van der Waals surface area contributed by atoms with Gasteiger partial charge < -0.3 is 5.11 Å². The Balaban J connectivity index is 0.000000280. The molecule has 0 saturated heterocycles. The summed E-state index contributed by atoms with van der Waals surface area (Å²) in [4.78, 5) is 20.1. The molecular weight excluding hydrogens is 234 g/mol. The molecule has 1 heterocycles. The van der Waals surface area contributed by atoms with E-state index in [-0.39, 0.29) is 10.5 Å². The Morgan fingerprint density at radius 1 is 1.31 bits per heavy atom. The van der Waals surface area contributed by atoms with Gasteiger partial charge >= 0.3 is 0 Å². The number of carboxylic acids is 1. The molecule has 1 aliphatic heterocycles. The van der Waals surface area contributed by atoms with Crippen molar-refractivity contribution in [3.63, 3.8) is 0 Å². The van der Waals surface area contributed by atoms with Crippen LogP contribution in [-0.2, 0) is 14.8 Å². The molecule has 0 saturated carbocycles. The minimum atomic E-state index is -3.55. The average molecular weight is 243 g/mol. The molecule has 2 N–H and O–H groups in total. The third-order valence-corrected chi connectivity index (χ3v) is 3.04. The molecule has 7 heteroatoms. The minimum Gasteiger partial charge on any atom is -0.481 e. The van der Waals surface area contributed by atoms with Gasteiger partial charge in [-0.15, -0.1) is 0 Å². The van der Waals surface area contributed by atoms with E-state index in [1.807, 2.05) is 4.72 Å². The Bertz CT molecular complexity index is 531. The molecule has 1 amide bonds. The third-order valence-electron chi connectivity index (χ3n) is 1.65. The molecule has 86 valence electrons. The molecule has 0 atom stereocenters. The van der Waals surface area contributed by atoms with Crippen LogP contribution in [0.3, 0.4) is 0 Å². The van der Waals surface area contributed by atoms with E-state index >= 15 is 0 Å². The summed E-state index contributed by atoms with van der Waals surface area (Å²) in [6, 6.07) is 6.09. The number of rotatable bonds is 0. The third kappa shape index (κ3) is 2.57. The van der Waals surface area contributed by atoms with Crippen molar-refractivity contribution in [2.75, 3.05) is 0 Å². The van der Waals surface area contributed by atoms with Gasteiger partial charge in [-0.05, 0) is 12.1 Å². The van der Waals surface area contributed by atoms with Gasteiger partial charge in [-0.3, -0.25) is 9.59 Å². The average Bonchev–Trinajstić information content (AvgIpc) is 2.38. The molecule has 0 fully saturated rings. The number of hydrogen-bond donors (Lipinski definition) is 2. The van der Waals surface area contributed by atoms with Gasteiger partial charge in [0.1, 0.15) is 4.90 Å². The van der Waals surface area contributed by atoms with Gasteiger partial charge in [-0.1, -0.05) is 12.1 Å². The highest BCUT2D eigenvalue weighted by Gasteiger charge is 2.31. The van der Waals surface area contributed by atoms with Crippen LogP contribution in [0.4, 0.5) is 0 Å². The van der Waals surface area contributed by atoms with Crippen LogP contribution >= 0.6 is 0 Å². The molecule has 1 aromatic carbocycles. The second kappa shape index (κ2) is 4.31. The van der Waals surface area contributed by atoms with Gasteiger partial charge in [0.15, 0.2) is 0 Å². The predicted octanol–water partition coefficient (Wildman–Crippen LogP) is 0.210. The lowest BCUT2D eigenvalue weighted by molar-refractivity contribution is -0.134. The number of aliphatic carboxylic acids is 1.